The van der Waals surface area contributed by atoms with E-state index in [1.807, 2.05) is 30.3 Å². The Balaban J connectivity index is 2.15. The second-order valence-corrected chi connectivity index (χ2v) is 9.01. The van der Waals surface area contributed by atoms with Gasteiger partial charge in [-0.15, -0.1) is 0 Å². The van der Waals surface area contributed by atoms with E-state index in [1.165, 1.54) is 50.2 Å². The van der Waals surface area contributed by atoms with Gasteiger partial charge in [-0.05, 0) is 24.6 Å². The van der Waals surface area contributed by atoms with Crippen molar-refractivity contribution in [1.29, 1.82) is 0 Å². The van der Waals surface area contributed by atoms with Crippen LogP contribution < -0.4 is 0 Å². The molecule has 0 radical (unpaired) electrons. The van der Waals surface area contributed by atoms with E-state index in [9.17, 15) is 22.8 Å². The summed E-state index contributed by atoms with van der Waals surface area (Å²) in [5.74, 6) is -1.08. The maximum Gasteiger partial charge on any atom is 0.307 e. The third-order valence-corrected chi connectivity index (χ3v) is 6.53. The van der Waals surface area contributed by atoms with Crippen LogP contribution in [0.25, 0.3) is 0 Å². The highest BCUT2D eigenvalue weighted by atomic mass is 32.2. The molecule has 0 fully saturated rings. The molecule has 0 N–H and O–H groups in total. The lowest BCUT2D eigenvalue weighted by atomic mass is 10.2. The predicted octanol–water partition coefficient (Wildman–Crippen LogP) is 2.10. The van der Waals surface area contributed by atoms with Crippen molar-refractivity contribution in [3.05, 3.63) is 65.7 Å². The summed E-state index contributed by atoms with van der Waals surface area (Å²) in [6.45, 7) is 1.33. The highest BCUT2D eigenvalue weighted by Crippen LogP contribution is 2.16. The Morgan fingerprint density at radius 2 is 1.58 bits per heavy atom. The molecular formula is C22H26N2O6S. The summed E-state index contributed by atoms with van der Waals surface area (Å²) < 4.78 is 31.3. The molecule has 2 rings (SSSR count). The Hall–Kier alpha value is -3.04. The smallest absolute Gasteiger partial charge is 0.307 e. The zero-order valence-electron chi connectivity index (χ0n) is 17.8. The highest BCUT2D eigenvalue weighted by molar-refractivity contribution is 7.89. The molecule has 0 aliphatic heterocycles. The van der Waals surface area contributed by atoms with Gasteiger partial charge in [0.15, 0.2) is 5.78 Å². The van der Waals surface area contributed by atoms with Crippen LogP contribution in [0.15, 0.2) is 59.5 Å². The van der Waals surface area contributed by atoms with E-state index in [2.05, 4.69) is 4.74 Å². The fourth-order valence-electron chi connectivity index (χ4n) is 2.84. The standard InChI is InChI=1S/C22H26N2O6S/c1-17(25)19-9-11-20(12-10-19)31(28,29)23(2)16-21(26)24(14-13-22(27)30-3)15-18-7-5-4-6-8-18/h4-12H,13-16H2,1-3H3. The van der Waals surface area contributed by atoms with E-state index in [4.69, 9.17) is 0 Å². The number of sulfonamides is 1. The summed E-state index contributed by atoms with van der Waals surface area (Å²) in [6, 6.07) is 14.7. The van der Waals surface area contributed by atoms with Crippen LogP contribution in [0.3, 0.4) is 0 Å². The van der Waals surface area contributed by atoms with Crippen molar-refractivity contribution < 1.29 is 27.5 Å². The van der Waals surface area contributed by atoms with Crippen LogP contribution in [0.1, 0.15) is 29.3 Å². The topological polar surface area (TPSA) is 101 Å². The van der Waals surface area contributed by atoms with Crippen LogP contribution >= 0.6 is 0 Å². The lowest BCUT2D eigenvalue weighted by molar-refractivity contribution is -0.142. The molecule has 0 saturated heterocycles. The molecule has 2 aromatic rings. The molecule has 0 spiro atoms. The first-order valence-electron chi connectivity index (χ1n) is 9.61. The van der Waals surface area contributed by atoms with Crippen molar-refractivity contribution in [2.75, 3.05) is 27.2 Å². The molecule has 0 aromatic heterocycles. The molecule has 0 unspecified atom stereocenters. The Morgan fingerprint density at radius 3 is 2.13 bits per heavy atom. The lowest BCUT2D eigenvalue weighted by Gasteiger charge is -2.25. The molecule has 0 atom stereocenters. The number of likely N-dealkylation sites (N-methyl/N-ethyl adjacent to an activating group) is 1. The van der Waals surface area contributed by atoms with Crippen LogP contribution in [-0.2, 0) is 30.9 Å². The van der Waals surface area contributed by atoms with Crippen molar-refractivity contribution in [2.24, 2.45) is 0 Å². The summed E-state index contributed by atoms with van der Waals surface area (Å²) in [5, 5.41) is 0. The van der Waals surface area contributed by atoms with Gasteiger partial charge in [-0.2, -0.15) is 4.31 Å². The van der Waals surface area contributed by atoms with E-state index < -0.39 is 28.4 Å². The van der Waals surface area contributed by atoms with Gasteiger partial charge < -0.3 is 9.64 Å². The monoisotopic (exact) mass is 446 g/mol. The number of ether oxygens (including phenoxy) is 1. The van der Waals surface area contributed by atoms with Crippen LogP contribution in [0.5, 0.6) is 0 Å². The molecule has 9 heteroatoms. The molecule has 0 aliphatic carbocycles. The predicted molar refractivity (Wildman–Crippen MR) is 115 cm³/mol. The van der Waals surface area contributed by atoms with Crippen molar-refractivity contribution in [3.8, 4) is 0 Å². The number of Topliss-reactive ketones (excluding diaryl/α,β-unsaturated/α-hetero) is 1. The van der Waals surface area contributed by atoms with Gasteiger partial charge in [-0.3, -0.25) is 14.4 Å². The number of rotatable bonds is 10. The zero-order chi connectivity index (χ0) is 23.0. The number of carbonyl (C=O) groups is 3. The van der Waals surface area contributed by atoms with E-state index >= 15 is 0 Å². The first-order valence-corrected chi connectivity index (χ1v) is 11.0. The molecule has 31 heavy (non-hydrogen) atoms. The number of hydrogen-bond acceptors (Lipinski definition) is 6. The number of esters is 1. The lowest BCUT2D eigenvalue weighted by Crippen LogP contribution is -2.41. The van der Waals surface area contributed by atoms with Gasteiger partial charge in [0.1, 0.15) is 0 Å². The van der Waals surface area contributed by atoms with Gasteiger partial charge in [0, 0.05) is 25.7 Å². The molecule has 8 nitrogen and oxygen atoms in total. The Bertz CT molecular complexity index is 1020. The summed E-state index contributed by atoms with van der Waals surface area (Å²) in [4.78, 5) is 37.3. The Labute approximate surface area is 182 Å². The van der Waals surface area contributed by atoms with Crippen LogP contribution in [0, 0.1) is 0 Å². The number of benzene rings is 2. The van der Waals surface area contributed by atoms with Crippen LogP contribution in [0.4, 0.5) is 0 Å². The Morgan fingerprint density at radius 1 is 0.968 bits per heavy atom. The van der Waals surface area contributed by atoms with Crippen LogP contribution in [-0.4, -0.2) is 62.5 Å². The van der Waals surface area contributed by atoms with Crippen molar-refractivity contribution in [2.45, 2.75) is 24.8 Å². The van der Waals surface area contributed by atoms with Crippen molar-refractivity contribution in [3.63, 3.8) is 0 Å². The normalized spacial score (nSPS) is 11.2. The summed E-state index contributed by atoms with van der Waals surface area (Å²) in [6.07, 6.45) is -0.00194. The average Bonchev–Trinajstić information content (AvgIpc) is 2.76. The van der Waals surface area contributed by atoms with Gasteiger partial charge in [0.05, 0.1) is 25.0 Å². The van der Waals surface area contributed by atoms with Crippen LogP contribution in [0.2, 0.25) is 0 Å². The number of ketones is 1. The largest absolute Gasteiger partial charge is 0.469 e. The third-order valence-electron chi connectivity index (χ3n) is 4.71. The second-order valence-electron chi connectivity index (χ2n) is 6.97. The fraction of sp³-hybridized carbons (Fsp3) is 0.318. The third kappa shape index (κ3) is 6.73. The van der Waals surface area contributed by atoms with E-state index in [0.717, 1.165) is 9.87 Å². The molecule has 0 saturated carbocycles. The minimum absolute atomic E-state index is 0.00194. The van der Waals surface area contributed by atoms with Crippen molar-refractivity contribution in [1.82, 2.24) is 9.21 Å². The first kappa shape index (κ1) is 24.2. The van der Waals surface area contributed by atoms with E-state index in [0.29, 0.717) is 5.56 Å². The maximum absolute atomic E-state index is 12.9. The average molecular weight is 447 g/mol. The number of amides is 1. The first-order chi connectivity index (χ1) is 14.6. The molecule has 0 aliphatic rings. The van der Waals surface area contributed by atoms with Gasteiger partial charge in [-0.1, -0.05) is 42.5 Å². The minimum Gasteiger partial charge on any atom is -0.469 e. The van der Waals surface area contributed by atoms with Crippen molar-refractivity contribution >= 4 is 27.7 Å². The van der Waals surface area contributed by atoms with E-state index in [1.54, 1.807) is 0 Å². The molecule has 2 aromatic carbocycles. The molecule has 0 bridgehead atoms. The summed E-state index contributed by atoms with van der Waals surface area (Å²) in [7, 11) is -1.36. The fourth-order valence-corrected chi connectivity index (χ4v) is 3.96. The Kier molecular flexibility index (Phi) is 8.47. The van der Waals surface area contributed by atoms with E-state index in [-0.39, 0.29) is 30.2 Å². The number of nitrogens with zero attached hydrogens (tertiary/aromatic N) is 2. The second kappa shape index (κ2) is 10.8. The number of methoxy groups -OCH3 is 1. The molecule has 166 valence electrons. The summed E-state index contributed by atoms with van der Waals surface area (Å²) in [5.41, 5.74) is 1.25. The minimum atomic E-state index is -3.94. The van der Waals surface area contributed by atoms with Gasteiger partial charge in [0.25, 0.3) is 0 Å². The molecule has 0 heterocycles. The summed E-state index contributed by atoms with van der Waals surface area (Å²) >= 11 is 0. The zero-order valence-corrected chi connectivity index (χ0v) is 18.6. The maximum atomic E-state index is 12.9. The quantitative estimate of drug-likeness (QED) is 0.409. The SMILES string of the molecule is COC(=O)CCN(Cc1ccccc1)C(=O)CN(C)S(=O)(=O)c1ccc(C(C)=O)cc1. The number of carbonyl (C=O) groups excluding carboxylic acids is 3. The number of hydrogen-bond donors (Lipinski definition) is 0. The van der Waals surface area contributed by atoms with Gasteiger partial charge in [-0.25, -0.2) is 8.42 Å². The van der Waals surface area contributed by atoms with Gasteiger partial charge in [0.2, 0.25) is 15.9 Å². The van der Waals surface area contributed by atoms with Gasteiger partial charge >= 0.3 is 5.97 Å². The molecule has 1 amide bonds. The highest BCUT2D eigenvalue weighted by Gasteiger charge is 2.26. The molecular weight excluding hydrogens is 420 g/mol.